The summed E-state index contributed by atoms with van der Waals surface area (Å²) in [6.45, 7) is 1.87. The van der Waals surface area contributed by atoms with Gasteiger partial charge in [-0.2, -0.15) is 5.10 Å². The Morgan fingerprint density at radius 3 is 2.57 bits per heavy atom. The molecule has 0 saturated heterocycles. The van der Waals surface area contributed by atoms with Crippen molar-refractivity contribution < 1.29 is 27.4 Å². The highest BCUT2D eigenvalue weighted by molar-refractivity contribution is 7.91. The number of sulfone groups is 1. The minimum Gasteiger partial charge on any atom is -0.493 e. The summed E-state index contributed by atoms with van der Waals surface area (Å²) in [4.78, 5) is 31.2. The summed E-state index contributed by atoms with van der Waals surface area (Å²) in [6, 6.07) is 6.54. The molecule has 4 aromatic rings. The highest BCUT2D eigenvalue weighted by atomic mass is 35.5. The van der Waals surface area contributed by atoms with E-state index in [-0.39, 0.29) is 49.6 Å². The summed E-state index contributed by atoms with van der Waals surface area (Å²) < 4.78 is 43.1. The van der Waals surface area contributed by atoms with Gasteiger partial charge in [-0.3, -0.25) is 9.78 Å². The number of aromatic nitrogens is 4. The summed E-state index contributed by atoms with van der Waals surface area (Å²) in [5, 5.41) is 3.88. The van der Waals surface area contributed by atoms with Gasteiger partial charge in [0.1, 0.15) is 0 Å². The molecular formula is C22H19ClN4O7S. The van der Waals surface area contributed by atoms with Gasteiger partial charge >= 0.3 is 5.97 Å². The van der Waals surface area contributed by atoms with Crippen LogP contribution in [-0.2, 0) is 14.6 Å². The molecular weight excluding hydrogens is 500 g/mol. The third-order valence-corrected chi connectivity index (χ3v) is 7.23. The van der Waals surface area contributed by atoms with Gasteiger partial charge in [0.05, 0.1) is 58.3 Å². The molecule has 0 amide bonds. The van der Waals surface area contributed by atoms with Crippen LogP contribution in [0.25, 0.3) is 16.9 Å². The van der Waals surface area contributed by atoms with Gasteiger partial charge in [0.2, 0.25) is 15.8 Å². The Labute approximate surface area is 204 Å². The molecule has 0 spiro atoms. The first kappa shape index (κ1) is 24.2. The van der Waals surface area contributed by atoms with Gasteiger partial charge < -0.3 is 14.2 Å². The zero-order valence-corrected chi connectivity index (χ0v) is 20.3. The Morgan fingerprint density at radius 2 is 1.89 bits per heavy atom. The van der Waals surface area contributed by atoms with Crippen LogP contribution in [0.4, 0.5) is 0 Å². The van der Waals surface area contributed by atoms with Crippen molar-refractivity contribution in [2.24, 2.45) is 0 Å². The first-order chi connectivity index (χ1) is 16.7. The zero-order valence-electron chi connectivity index (χ0n) is 18.7. The fourth-order valence-corrected chi connectivity index (χ4v) is 5.13. The number of benzene rings is 2. The normalized spacial score (nSPS) is 11.4. The fourth-order valence-electron chi connectivity index (χ4n) is 3.31. The van der Waals surface area contributed by atoms with Crippen LogP contribution in [0.3, 0.4) is 0 Å². The Morgan fingerprint density at radius 1 is 1.14 bits per heavy atom. The highest BCUT2D eigenvalue weighted by Crippen LogP contribution is 2.35. The number of carbonyl (C=O) groups is 1. The maximum atomic E-state index is 13.3. The Hall–Kier alpha value is -3.90. The second-order valence-electron chi connectivity index (χ2n) is 7.10. The number of methoxy groups -OCH3 is 2. The summed E-state index contributed by atoms with van der Waals surface area (Å²) in [7, 11) is -1.31. The number of aromatic amines is 1. The maximum Gasteiger partial charge on any atom is 0.341 e. The molecule has 0 aliphatic heterocycles. The molecule has 35 heavy (non-hydrogen) atoms. The highest BCUT2D eigenvalue weighted by Gasteiger charge is 2.24. The van der Waals surface area contributed by atoms with Crippen molar-refractivity contribution >= 4 is 38.3 Å². The number of hydrogen-bond donors (Lipinski definition) is 1. The van der Waals surface area contributed by atoms with E-state index >= 15 is 0 Å². The molecule has 2 aromatic carbocycles. The first-order valence-corrected chi connectivity index (χ1v) is 12.0. The van der Waals surface area contributed by atoms with Crippen LogP contribution in [0, 0.1) is 0 Å². The molecule has 13 heteroatoms. The lowest BCUT2D eigenvalue weighted by molar-refractivity contribution is 0.0526. The SMILES string of the molecule is CCOC(=O)c1cnn(-c2nc3cc(Cl)c(S(=O)(=O)c4ccc(OC)c(OC)c4)cc3c(=O)[nH]2)c1. The van der Waals surface area contributed by atoms with E-state index in [9.17, 15) is 18.0 Å². The Kier molecular flexibility index (Phi) is 6.50. The number of nitrogens with one attached hydrogen (secondary N) is 1. The lowest BCUT2D eigenvalue weighted by atomic mass is 10.2. The average Bonchev–Trinajstić information content (AvgIpc) is 3.33. The quantitative estimate of drug-likeness (QED) is 0.365. The molecule has 11 nitrogen and oxygen atoms in total. The Bertz CT molecular complexity index is 1610. The van der Waals surface area contributed by atoms with Crippen molar-refractivity contribution in [2.75, 3.05) is 20.8 Å². The molecule has 1 N–H and O–H groups in total. The van der Waals surface area contributed by atoms with E-state index in [0.29, 0.717) is 5.75 Å². The number of carbonyl (C=O) groups excluding carboxylic acids is 1. The number of H-pyrrole nitrogens is 1. The summed E-state index contributed by atoms with van der Waals surface area (Å²) in [6.07, 6.45) is 2.62. The summed E-state index contributed by atoms with van der Waals surface area (Å²) >= 11 is 6.33. The number of rotatable bonds is 7. The second kappa shape index (κ2) is 9.39. The van der Waals surface area contributed by atoms with Gasteiger partial charge in [-0.25, -0.2) is 22.9 Å². The third kappa shape index (κ3) is 4.45. The van der Waals surface area contributed by atoms with E-state index < -0.39 is 21.4 Å². The number of halogens is 1. The van der Waals surface area contributed by atoms with Crippen molar-refractivity contribution in [3.63, 3.8) is 0 Å². The minimum atomic E-state index is -4.13. The molecule has 0 atom stereocenters. The van der Waals surface area contributed by atoms with Gasteiger partial charge in [0.15, 0.2) is 11.5 Å². The lowest BCUT2D eigenvalue weighted by Gasteiger charge is -2.12. The van der Waals surface area contributed by atoms with Crippen molar-refractivity contribution in [3.8, 4) is 17.4 Å². The zero-order chi connectivity index (χ0) is 25.3. The predicted molar refractivity (Wildman–Crippen MR) is 125 cm³/mol. The largest absolute Gasteiger partial charge is 0.493 e. The number of esters is 1. The van der Waals surface area contributed by atoms with Crippen LogP contribution in [0.1, 0.15) is 17.3 Å². The van der Waals surface area contributed by atoms with E-state index in [2.05, 4.69) is 15.1 Å². The van der Waals surface area contributed by atoms with E-state index in [4.69, 9.17) is 25.8 Å². The van der Waals surface area contributed by atoms with Crippen molar-refractivity contribution in [1.29, 1.82) is 0 Å². The first-order valence-electron chi connectivity index (χ1n) is 10.1. The molecule has 182 valence electrons. The number of nitrogens with zero attached hydrogens (tertiary/aromatic N) is 3. The fraction of sp³-hybridized carbons (Fsp3) is 0.182. The van der Waals surface area contributed by atoms with Crippen molar-refractivity contribution in [3.05, 3.63) is 63.7 Å². The van der Waals surface area contributed by atoms with Gasteiger partial charge in [-0.05, 0) is 31.2 Å². The van der Waals surface area contributed by atoms with Crippen LogP contribution >= 0.6 is 11.6 Å². The molecule has 0 bridgehead atoms. The number of ether oxygens (including phenoxy) is 3. The molecule has 2 heterocycles. The molecule has 0 radical (unpaired) electrons. The van der Waals surface area contributed by atoms with Gasteiger partial charge in [0, 0.05) is 12.3 Å². The average molecular weight is 519 g/mol. The standard InChI is InChI=1S/C22H19ClN4O7S/c1-4-34-21(29)12-10-24-27(11-12)22-25-16-9-15(23)19(8-14(16)20(28)26-22)35(30,31)13-5-6-17(32-2)18(7-13)33-3/h5-11H,4H2,1-3H3,(H,25,26,28). The maximum absolute atomic E-state index is 13.3. The molecule has 2 aromatic heterocycles. The van der Waals surface area contributed by atoms with Crippen LogP contribution in [0.5, 0.6) is 11.5 Å². The third-order valence-electron chi connectivity index (χ3n) is 5.01. The molecule has 0 saturated carbocycles. The smallest absolute Gasteiger partial charge is 0.341 e. The molecule has 0 aliphatic carbocycles. The monoisotopic (exact) mass is 518 g/mol. The van der Waals surface area contributed by atoms with Gasteiger partial charge in [0.25, 0.3) is 5.56 Å². The van der Waals surface area contributed by atoms with Crippen LogP contribution in [0.2, 0.25) is 5.02 Å². The molecule has 0 fully saturated rings. The van der Waals surface area contributed by atoms with Gasteiger partial charge in [-0.1, -0.05) is 11.6 Å². The predicted octanol–water partition coefficient (Wildman–Crippen LogP) is 2.79. The lowest BCUT2D eigenvalue weighted by Crippen LogP contribution is -2.15. The number of hydrogen-bond acceptors (Lipinski definition) is 9. The van der Waals surface area contributed by atoms with Crippen LogP contribution < -0.4 is 15.0 Å². The molecule has 4 rings (SSSR count). The van der Waals surface area contributed by atoms with Crippen molar-refractivity contribution in [1.82, 2.24) is 19.7 Å². The Balaban J connectivity index is 1.79. The van der Waals surface area contributed by atoms with E-state index in [0.717, 1.165) is 6.07 Å². The molecule has 0 unspecified atom stereocenters. The van der Waals surface area contributed by atoms with E-state index in [1.54, 1.807) is 6.92 Å². The second-order valence-corrected chi connectivity index (χ2v) is 9.43. The molecule has 0 aliphatic rings. The summed E-state index contributed by atoms with van der Waals surface area (Å²) in [5.74, 6) is 0.00424. The van der Waals surface area contributed by atoms with E-state index in [1.807, 2.05) is 0 Å². The number of fused-ring (bicyclic) bond motifs is 1. The van der Waals surface area contributed by atoms with Gasteiger partial charge in [-0.15, -0.1) is 0 Å². The van der Waals surface area contributed by atoms with Crippen molar-refractivity contribution in [2.45, 2.75) is 16.7 Å². The van der Waals surface area contributed by atoms with E-state index in [1.165, 1.54) is 55.6 Å². The minimum absolute atomic E-state index is 0.00427. The van der Waals surface area contributed by atoms with Crippen LogP contribution in [0.15, 0.2) is 57.3 Å². The van der Waals surface area contributed by atoms with Crippen LogP contribution in [-0.4, -0.2) is 55.0 Å². The summed E-state index contributed by atoms with van der Waals surface area (Å²) in [5.41, 5.74) is -0.323. The topological polar surface area (TPSA) is 142 Å².